The zero-order valence-corrected chi connectivity index (χ0v) is 11.6. The van der Waals surface area contributed by atoms with E-state index in [1.807, 2.05) is 0 Å². The first-order valence-electron chi connectivity index (χ1n) is 7.26. The van der Waals surface area contributed by atoms with Gasteiger partial charge in [0, 0.05) is 12.6 Å². The van der Waals surface area contributed by atoms with Crippen LogP contribution in [0.25, 0.3) is 0 Å². The van der Waals surface area contributed by atoms with Crippen molar-refractivity contribution in [1.82, 2.24) is 5.32 Å². The van der Waals surface area contributed by atoms with Crippen molar-refractivity contribution in [2.24, 2.45) is 5.92 Å². The summed E-state index contributed by atoms with van der Waals surface area (Å²) < 4.78 is 6.03. The summed E-state index contributed by atoms with van der Waals surface area (Å²) in [7, 11) is 0. The average Bonchev–Trinajstić information content (AvgIpc) is 3.23. The van der Waals surface area contributed by atoms with Crippen LogP contribution in [0.5, 0.6) is 0 Å². The number of ether oxygens (including phenoxy) is 1. The lowest BCUT2D eigenvalue weighted by atomic mass is 9.98. The standard InChI is InChI=1S/C16H25NO/c1-3-12-17-15(13-10-11-13)16(18-4-2)14-8-6-5-7-9-14/h5-9,13,15-17H,3-4,10-12H2,1-2H3. The van der Waals surface area contributed by atoms with Crippen molar-refractivity contribution < 1.29 is 4.74 Å². The molecule has 1 N–H and O–H groups in total. The fraction of sp³-hybridized carbons (Fsp3) is 0.625. The first-order valence-corrected chi connectivity index (χ1v) is 7.26. The second kappa shape index (κ2) is 6.91. The van der Waals surface area contributed by atoms with Gasteiger partial charge in [0.2, 0.25) is 0 Å². The van der Waals surface area contributed by atoms with Gasteiger partial charge in [-0.1, -0.05) is 37.3 Å². The average molecular weight is 247 g/mol. The summed E-state index contributed by atoms with van der Waals surface area (Å²) >= 11 is 0. The Morgan fingerprint density at radius 1 is 1.22 bits per heavy atom. The van der Waals surface area contributed by atoms with E-state index in [1.54, 1.807) is 0 Å². The molecule has 1 aliphatic rings. The number of hydrogen-bond donors (Lipinski definition) is 1. The maximum absolute atomic E-state index is 6.03. The maximum Gasteiger partial charge on any atom is 0.0980 e. The van der Waals surface area contributed by atoms with E-state index < -0.39 is 0 Å². The number of hydrogen-bond acceptors (Lipinski definition) is 2. The normalized spacial score (nSPS) is 18.6. The van der Waals surface area contributed by atoms with Gasteiger partial charge in [-0.2, -0.15) is 0 Å². The molecule has 0 aromatic heterocycles. The summed E-state index contributed by atoms with van der Waals surface area (Å²) in [6.07, 6.45) is 4.07. The van der Waals surface area contributed by atoms with E-state index in [1.165, 1.54) is 24.8 Å². The highest BCUT2D eigenvalue weighted by Gasteiger charge is 2.37. The molecule has 0 saturated heterocycles. The highest BCUT2D eigenvalue weighted by atomic mass is 16.5. The van der Waals surface area contributed by atoms with E-state index in [0.29, 0.717) is 6.04 Å². The second-order valence-electron chi connectivity index (χ2n) is 5.10. The molecule has 0 spiro atoms. The highest BCUT2D eigenvalue weighted by Crippen LogP contribution is 2.39. The topological polar surface area (TPSA) is 21.3 Å². The van der Waals surface area contributed by atoms with Gasteiger partial charge >= 0.3 is 0 Å². The van der Waals surface area contributed by atoms with Crippen LogP contribution in [0.1, 0.15) is 44.8 Å². The molecule has 2 atom stereocenters. The molecule has 2 nitrogen and oxygen atoms in total. The first-order chi connectivity index (χ1) is 8.86. The second-order valence-corrected chi connectivity index (χ2v) is 5.10. The Hall–Kier alpha value is -0.860. The van der Waals surface area contributed by atoms with Gasteiger partial charge in [0.1, 0.15) is 0 Å². The lowest BCUT2D eigenvalue weighted by Crippen LogP contribution is -2.38. The van der Waals surface area contributed by atoms with Gasteiger partial charge in [-0.25, -0.2) is 0 Å². The van der Waals surface area contributed by atoms with Crippen molar-refractivity contribution in [1.29, 1.82) is 0 Å². The smallest absolute Gasteiger partial charge is 0.0980 e. The van der Waals surface area contributed by atoms with Crippen LogP contribution >= 0.6 is 0 Å². The van der Waals surface area contributed by atoms with Crippen molar-refractivity contribution in [3.05, 3.63) is 35.9 Å². The van der Waals surface area contributed by atoms with Crippen molar-refractivity contribution in [3.8, 4) is 0 Å². The molecule has 2 heteroatoms. The fourth-order valence-corrected chi connectivity index (χ4v) is 2.52. The molecule has 1 aromatic rings. The van der Waals surface area contributed by atoms with Crippen LogP contribution in [0.3, 0.4) is 0 Å². The molecule has 100 valence electrons. The van der Waals surface area contributed by atoms with Crippen LogP contribution in [-0.2, 0) is 4.74 Å². The molecule has 1 aliphatic carbocycles. The zero-order valence-electron chi connectivity index (χ0n) is 11.6. The molecule has 0 aliphatic heterocycles. The Labute approximate surface area is 111 Å². The Morgan fingerprint density at radius 2 is 1.94 bits per heavy atom. The minimum atomic E-state index is 0.204. The van der Waals surface area contributed by atoms with E-state index in [0.717, 1.165) is 19.1 Å². The molecule has 0 radical (unpaired) electrons. The van der Waals surface area contributed by atoms with E-state index in [-0.39, 0.29) is 6.10 Å². The Kier molecular flexibility index (Phi) is 5.21. The first kappa shape index (κ1) is 13.6. The van der Waals surface area contributed by atoms with Gasteiger partial charge in [-0.15, -0.1) is 0 Å². The summed E-state index contributed by atoms with van der Waals surface area (Å²) in [5, 5.41) is 3.69. The summed E-state index contributed by atoms with van der Waals surface area (Å²) in [6, 6.07) is 11.1. The van der Waals surface area contributed by atoms with Crippen LogP contribution < -0.4 is 5.32 Å². The summed E-state index contributed by atoms with van der Waals surface area (Å²) in [5.41, 5.74) is 1.31. The molecular weight excluding hydrogens is 222 g/mol. The molecule has 0 heterocycles. The third kappa shape index (κ3) is 3.56. The number of rotatable bonds is 8. The molecule has 1 aromatic carbocycles. The van der Waals surface area contributed by atoms with Crippen molar-refractivity contribution in [2.45, 2.75) is 45.3 Å². The van der Waals surface area contributed by atoms with Crippen LogP contribution in [0, 0.1) is 5.92 Å². The van der Waals surface area contributed by atoms with Gasteiger partial charge < -0.3 is 10.1 Å². The van der Waals surface area contributed by atoms with Crippen LogP contribution in [0.4, 0.5) is 0 Å². The molecule has 0 bridgehead atoms. The van der Waals surface area contributed by atoms with E-state index in [9.17, 15) is 0 Å². The summed E-state index contributed by atoms with van der Waals surface area (Å²) in [5.74, 6) is 0.799. The highest BCUT2D eigenvalue weighted by molar-refractivity contribution is 5.20. The third-order valence-electron chi connectivity index (χ3n) is 3.56. The fourth-order valence-electron chi connectivity index (χ4n) is 2.52. The van der Waals surface area contributed by atoms with Gasteiger partial charge in [0.15, 0.2) is 0 Å². The largest absolute Gasteiger partial charge is 0.372 e. The van der Waals surface area contributed by atoms with E-state index in [4.69, 9.17) is 4.74 Å². The van der Waals surface area contributed by atoms with Crippen molar-refractivity contribution >= 4 is 0 Å². The van der Waals surface area contributed by atoms with Crippen molar-refractivity contribution in [3.63, 3.8) is 0 Å². The molecule has 2 unspecified atom stereocenters. The van der Waals surface area contributed by atoms with Crippen molar-refractivity contribution in [2.75, 3.05) is 13.2 Å². The Balaban J connectivity index is 2.10. The third-order valence-corrected chi connectivity index (χ3v) is 3.56. The van der Waals surface area contributed by atoms with Gasteiger partial charge in [0.05, 0.1) is 6.10 Å². The molecule has 2 rings (SSSR count). The predicted octanol–water partition coefficient (Wildman–Crippen LogP) is 3.54. The number of nitrogens with one attached hydrogen (secondary N) is 1. The maximum atomic E-state index is 6.03. The lowest BCUT2D eigenvalue weighted by molar-refractivity contribution is 0.0271. The molecule has 1 fully saturated rings. The summed E-state index contributed by atoms with van der Waals surface area (Å²) in [6.45, 7) is 6.16. The molecule has 0 amide bonds. The van der Waals surface area contributed by atoms with Crippen LogP contribution in [0.2, 0.25) is 0 Å². The minimum absolute atomic E-state index is 0.204. The predicted molar refractivity (Wildman–Crippen MR) is 75.6 cm³/mol. The lowest BCUT2D eigenvalue weighted by Gasteiger charge is -2.28. The van der Waals surface area contributed by atoms with Crippen LogP contribution in [-0.4, -0.2) is 19.2 Å². The van der Waals surface area contributed by atoms with Crippen LogP contribution in [0.15, 0.2) is 30.3 Å². The Bertz CT molecular complexity index is 334. The van der Waals surface area contributed by atoms with E-state index in [2.05, 4.69) is 49.5 Å². The van der Waals surface area contributed by atoms with Gasteiger partial charge in [-0.3, -0.25) is 0 Å². The SMILES string of the molecule is CCCNC(C1CC1)C(OCC)c1ccccc1. The van der Waals surface area contributed by atoms with Gasteiger partial charge in [0.25, 0.3) is 0 Å². The molecule has 18 heavy (non-hydrogen) atoms. The monoisotopic (exact) mass is 247 g/mol. The number of benzene rings is 1. The van der Waals surface area contributed by atoms with Gasteiger partial charge in [-0.05, 0) is 44.2 Å². The molecule has 1 saturated carbocycles. The Morgan fingerprint density at radius 3 is 2.50 bits per heavy atom. The summed E-state index contributed by atoms with van der Waals surface area (Å²) in [4.78, 5) is 0. The molecular formula is C16H25NO. The van der Waals surface area contributed by atoms with E-state index >= 15 is 0 Å². The minimum Gasteiger partial charge on any atom is -0.372 e. The quantitative estimate of drug-likeness (QED) is 0.758. The zero-order chi connectivity index (χ0) is 12.8.